The first-order valence-corrected chi connectivity index (χ1v) is 6.91. The van der Waals surface area contributed by atoms with Crippen molar-refractivity contribution < 1.29 is 0 Å². The molecule has 0 N–H and O–H groups in total. The first kappa shape index (κ1) is 10.6. The molecule has 1 saturated heterocycles. The standard InChI is InChI=1S/C13H17BrN2/c1-9-12(14)5-6-13(15-9)16-7-10-3-2-4-11(10)8-16/h5-6,10-11H,2-4,7-8H2,1H3. The minimum Gasteiger partial charge on any atom is -0.356 e. The van der Waals surface area contributed by atoms with Crippen LogP contribution in [0, 0.1) is 18.8 Å². The molecular weight excluding hydrogens is 264 g/mol. The molecule has 0 spiro atoms. The van der Waals surface area contributed by atoms with Crippen molar-refractivity contribution in [2.24, 2.45) is 11.8 Å². The van der Waals surface area contributed by atoms with Gasteiger partial charge in [-0.1, -0.05) is 6.42 Å². The first-order chi connectivity index (χ1) is 7.74. The molecule has 1 aromatic rings. The van der Waals surface area contributed by atoms with Crippen molar-refractivity contribution in [1.82, 2.24) is 4.98 Å². The van der Waals surface area contributed by atoms with Gasteiger partial charge >= 0.3 is 0 Å². The summed E-state index contributed by atoms with van der Waals surface area (Å²) in [5, 5.41) is 0. The monoisotopic (exact) mass is 280 g/mol. The quantitative estimate of drug-likeness (QED) is 0.784. The molecule has 86 valence electrons. The summed E-state index contributed by atoms with van der Waals surface area (Å²) in [6.07, 6.45) is 4.29. The maximum atomic E-state index is 4.66. The summed E-state index contributed by atoms with van der Waals surface area (Å²) in [7, 11) is 0. The number of rotatable bonds is 1. The van der Waals surface area contributed by atoms with Crippen molar-refractivity contribution in [2.75, 3.05) is 18.0 Å². The molecule has 2 aliphatic rings. The lowest BCUT2D eigenvalue weighted by Crippen LogP contribution is -2.21. The number of hydrogen-bond acceptors (Lipinski definition) is 2. The number of aromatic nitrogens is 1. The zero-order valence-electron chi connectivity index (χ0n) is 9.62. The predicted octanol–water partition coefficient (Wildman–Crippen LogP) is 3.39. The molecule has 2 nitrogen and oxygen atoms in total. The number of fused-ring (bicyclic) bond motifs is 1. The van der Waals surface area contributed by atoms with Crippen LogP contribution in [-0.4, -0.2) is 18.1 Å². The van der Waals surface area contributed by atoms with Crippen LogP contribution >= 0.6 is 15.9 Å². The van der Waals surface area contributed by atoms with E-state index in [0.717, 1.165) is 27.8 Å². The van der Waals surface area contributed by atoms with Gasteiger partial charge in [0.2, 0.25) is 0 Å². The SMILES string of the molecule is Cc1nc(N2CC3CCCC3C2)ccc1Br. The Balaban J connectivity index is 1.81. The van der Waals surface area contributed by atoms with Crippen molar-refractivity contribution >= 4 is 21.7 Å². The van der Waals surface area contributed by atoms with E-state index in [2.05, 4.69) is 44.9 Å². The van der Waals surface area contributed by atoms with E-state index in [1.807, 2.05) is 0 Å². The van der Waals surface area contributed by atoms with E-state index in [9.17, 15) is 0 Å². The third-order valence-corrected chi connectivity index (χ3v) is 4.90. The van der Waals surface area contributed by atoms with Crippen LogP contribution < -0.4 is 4.90 Å². The minimum absolute atomic E-state index is 0.936. The summed E-state index contributed by atoms with van der Waals surface area (Å²) in [5.74, 6) is 3.03. The molecule has 2 fully saturated rings. The topological polar surface area (TPSA) is 16.1 Å². The molecule has 3 heteroatoms. The molecule has 1 aromatic heterocycles. The van der Waals surface area contributed by atoms with E-state index in [-0.39, 0.29) is 0 Å². The molecule has 1 aliphatic heterocycles. The molecule has 2 unspecified atom stereocenters. The number of halogens is 1. The molecule has 0 aromatic carbocycles. The summed E-state index contributed by atoms with van der Waals surface area (Å²) in [6.45, 7) is 4.50. The maximum absolute atomic E-state index is 4.66. The molecule has 1 aliphatic carbocycles. The van der Waals surface area contributed by atoms with E-state index in [1.165, 1.54) is 32.4 Å². The Kier molecular flexibility index (Phi) is 2.66. The second-order valence-corrected chi connectivity index (χ2v) is 5.95. The Morgan fingerprint density at radius 2 is 1.94 bits per heavy atom. The lowest BCUT2D eigenvalue weighted by atomic mass is 10.0. The highest BCUT2D eigenvalue weighted by molar-refractivity contribution is 9.10. The molecule has 0 bridgehead atoms. The Morgan fingerprint density at radius 1 is 1.25 bits per heavy atom. The Morgan fingerprint density at radius 3 is 2.56 bits per heavy atom. The fourth-order valence-corrected chi connectivity index (χ4v) is 3.35. The van der Waals surface area contributed by atoms with Crippen molar-refractivity contribution in [3.63, 3.8) is 0 Å². The number of nitrogens with zero attached hydrogens (tertiary/aromatic N) is 2. The molecule has 2 heterocycles. The lowest BCUT2D eigenvalue weighted by Gasteiger charge is -2.19. The molecule has 2 atom stereocenters. The number of pyridine rings is 1. The van der Waals surface area contributed by atoms with Gasteiger partial charge in [0.1, 0.15) is 5.82 Å². The predicted molar refractivity (Wildman–Crippen MR) is 69.7 cm³/mol. The highest BCUT2D eigenvalue weighted by atomic mass is 79.9. The fourth-order valence-electron chi connectivity index (χ4n) is 3.13. The lowest BCUT2D eigenvalue weighted by molar-refractivity contribution is 0.494. The van der Waals surface area contributed by atoms with E-state index in [0.29, 0.717) is 0 Å². The van der Waals surface area contributed by atoms with Gasteiger partial charge in [-0.2, -0.15) is 0 Å². The van der Waals surface area contributed by atoms with Crippen molar-refractivity contribution in [3.05, 3.63) is 22.3 Å². The second-order valence-electron chi connectivity index (χ2n) is 5.09. The van der Waals surface area contributed by atoms with Crippen LogP contribution in [0.5, 0.6) is 0 Å². The van der Waals surface area contributed by atoms with Gasteiger partial charge in [0.25, 0.3) is 0 Å². The van der Waals surface area contributed by atoms with Crippen LogP contribution in [-0.2, 0) is 0 Å². The summed E-state index contributed by atoms with van der Waals surface area (Å²) < 4.78 is 1.11. The van der Waals surface area contributed by atoms with Crippen molar-refractivity contribution in [1.29, 1.82) is 0 Å². The van der Waals surface area contributed by atoms with Crippen LogP contribution in [0.3, 0.4) is 0 Å². The van der Waals surface area contributed by atoms with Gasteiger partial charge in [0.15, 0.2) is 0 Å². The summed E-state index contributed by atoms with van der Waals surface area (Å²) >= 11 is 3.51. The smallest absolute Gasteiger partial charge is 0.128 e. The normalized spacial score (nSPS) is 28.5. The highest BCUT2D eigenvalue weighted by Crippen LogP contribution is 2.39. The molecule has 3 rings (SSSR count). The largest absolute Gasteiger partial charge is 0.356 e. The maximum Gasteiger partial charge on any atom is 0.128 e. The van der Waals surface area contributed by atoms with E-state index < -0.39 is 0 Å². The highest BCUT2D eigenvalue weighted by Gasteiger charge is 2.36. The van der Waals surface area contributed by atoms with Gasteiger partial charge in [-0.15, -0.1) is 0 Å². The van der Waals surface area contributed by atoms with Gasteiger partial charge in [-0.3, -0.25) is 0 Å². The third-order valence-electron chi connectivity index (χ3n) is 4.06. The van der Waals surface area contributed by atoms with Crippen LogP contribution in [0.25, 0.3) is 0 Å². The summed E-state index contributed by atoms with van der Waals surface area (Å²) in [5.41, 5.74) is 1.09. The van der Waals surface area contributed by atoms with Gasteiger partial charge < -0.3 is 4.90 Å². The Hall–Kier alpha value is -0.570. The average molecular weight is 281 g/mol. The van der Waals surface area contributed by atoms with E-state index >= 15 is 0 Å². The van der Waals surface area contributed by atoms with Crippen LogP contribution in [0.15, 0.2) is 16.6 Å². The first-order valence-electron chi connectivity index (χ1n) is 6.12. The number of hydrogen-bond donors (Lipinski definition) is 0. The average Bonchev–Trinajstić information content (AvgIpc) is 2.81. The molecule has 16 heavy (non-hydrogen) atoms. The minimum atomic E-state index is 0.936. The number of aryl methyl sites for hydroxylation is 1. The molecule has 0 radical (unpaired) electrons. The Labute approximate surface area is 105 Å². The number of anilines is 1. The zero-order chi connectivity index (χ0) is 11.1. The van der Waals surface area contributed by atoms with Gasteiger partial charge in [0, 0.05) is 17.6 Å². The zero-order valence-corrected chi connectivity index (χ0v) is 11.2. The third kappa shape index (κ3) is 1.75. The van der Waals surface area contributed by atoms with Gasteiger partial charge in [0.05, 0.1) is 5.69 Å². The van der Waals surface area contributed by atoms with Crippen molar-refractivity contribution in [3.8, 4) is 0 Å². The van der Waals surface area contributed by atoms with Gasteiger partial charge in [-0.05, 0) is 59.7 Å². The van der Waals surface area contributed by atoms with Gasteiger partial charge in [-0.25, -0.2) is 4.98 Å². The van der Waals surface area contributed by atoms with Crippen LogP contribution in [0.2, 0.25) is 0 Å². The van der Waals surface area contributed by atoms with E-state index in [1.54, 1.807) is 0 Å². The van der Waals surface area contributed by atoms with Crippen LogP contribution in [0.4, 0.5) is 5.82 Å². The Bertz CT molecular complexity index is 393. The molecule has 1 saturated carbocycles. The second kappa shape index (κ2) is 4.02. The van der Waals surface area contributed by atoms with Crippen LogP contribution in [0.1, 0.15) is 25.0 Å². The summed E-state index contributed by atoms with van der Waals surface area (Å²) in [4.78, 5) is 7.13. The fraction of sp³-hybridized carbons (Fsp3) is 0.615. The summed E-state index contributed by atoms with van der Waals surface area (Å²) in [6, 6.07) is 4.25. The molecular formula is C13H17BrN2. The van der Waals surface area contributed by atoms with Crippen molar-refractivity contribution in [2.45, 2.75) is 26.2 Å². The van der Waals surface area contributed by atoms with E-state index in [4.69, 9.17) is 0 Å². The molecule has 0 amide bonds.